The molecule has 0 unspecified atom stereocenters. The number of hydrogen-bond acceptors (Lipinski definition) is 2. The third-order valence-electron chi connectivity index (χ3n) is 2.83. The molecule has 14 heavy (non-hydrogen) atoms. The number of benzene rings is 1. The van der Waals surface area contributed by atoms with Crippen molar-refractivity contribution in [3.8, 4) is 0 Å². The Morgan fingerprint density at radius 2 is 2.21 bits per heavy atom. The Hall–Kier alpha value is -0.930. The van der Waals surface area contributed by atoms with E-state index in [2.05, 4.69) is 0 Å². The van der Waals surface area contributed by atoms with Crippen molar-refractivity contribution in [3.63, 3.8) is 0 Å². The van der Waals surface area contributed by atoms with E-state index in [9.17, 15) is 9.50 Å². The molecule has 0 radical (unpaired) electrons. The summed E-state index contributed by atoms with van der Waals surface area (Å²) < 4.78 is 13.0. The molecule has 76 valence electrons. The highest BCUT2D eigenvalue weighted by Crippen LogP contribution is 2.27. The summed E-state index contributed by atoms with van der Waals surface area (Å²) in [6, 6.07) is 4.21. The largest absolute Gasteiger partial charge is 0.391 e. The molecule has 0 saturated heterocycles. The van der Waals surface area contributed by atoms with E-state index < -0.39 is 12.1 Å². The molecule has 0 spiro atoms. The van der Waals surface area contributed by atoms with Gasteiger partial charge in [0.15, 0.2) is 0 Å². The van der Waals surface area contributed by atoms with E-state index in [1.165, 1.54) is 12.1 Å². The molecule has 1 aliphatic carbocycles. The van der Waals surface area contributed by atoms with Gasteiger partial charge in [-0.1, -0.05) is 6.07 Å². The molecule has 2 rings (SSSR count). The van der Waals surface area contributed by atoms with Crippen LogP contribution in [-0.2, 0) is 6.42 Å². The second-order valence-corrected chi connectivity index (χ2v) is 3.83. The topological polar surface area (TPSA) is 46.2 Å². The number of aliphatic hydroxyl groups is 1. The van der Waals surface area contributed by atoms with Crippen molar-refractivity contribution in [1.82, 2.24) is 0 Å². The summed E-state index contributed by atoms with van der Waals surface area (Å²) in [7, 11) is 0. The van der Waals surface area contributed by atoms with E-state index in [0.29, 0.717) is 6.42 Å². The molecule has 0 saturated carbocycles. The maximum Gasteiger partial charge on any atom is 0.123 e. The predicted octanol–water partition coefficient (Wildman–Crippen LogP) is 1.52. The first-order valence-electron chi connectivity index (χ1n) is 4.90. The first-order chi connectivity index (χ1) is 6.68. The number of aryl methyl sites for hydroxylation is 1. The Kier molecular flexibility index (Phi) is 2.52. The van der Waals surface area contributed by atoms with Crippen LogP contribution in [0.5, 0.6) is 0 Å². The van der Waals surface area contributed by atoms with Gasteiger partial charge in [0, 0.05) is 0 Å². The lowest BCUT2D eigenvalue weighted by Gasteiger charge is -2.17. The van der Waals surface area contributed by atoms with Crippen LogP contribution in [0.4, 0.5) is 4.39 Å². The normalized spacial score (nSPS) is 26.8. The lowest BCUT2D eigenvalue weighted by atomic mass is 9.98. The zero-order chi connectivity index (χ0) is 10.1. The van der Waals surface area contributed by atoms with E-state index in [0.717, 1.165) is 24.0 Å². The first kappa shape index (κ1) is 9.62. The van der Waals surface area contributed by atoms with E-state index >= 15 is 0 Å². The Morgan fingerprint density at radius 1 is 1.43 bits per heavy atom. The van der Waals surface area contributed by atoms with Crippen molar-refractivity contribution in [3.05, 3.63) is 35.1 Å². The summed E-state index contributed by atoms with van der Waals surface area (Å²) in [6.45, 7) is 0. The second-order valence-electron chi connectivity index (χ2n) is 3.83. The Balaban J connectivity index is 2.44. The number of aliphatic hydroxyl groups excluding tert-OH is 1. The summed E-state index contributed by atoms with van der Waals surface area (Å²) in [5.74, 6) is -0.284. The van der Waals surface area contributed by atoms with Gasteiger partial charge in [-0.3, -0.25) is 0 Å². The summed E-state index contributed by atoms with van der Waals surface area (Å²) in [6.07, 6.45) is 1.93. The van der Waals surface area contributed by atoms with Gasteiger partial charge in [-0.05, 0) is 42.5 Å². The molecule has 1 aliphatic rings. The highest BCUT2D eigenvalue weighted by atomic mass is 19.1. The van der Waals surface area contributed by atoms with Crippen LogP contribution in [0.2, 0.25) is 0 Å². The van der Waals surface area contributed by atoms with Crippen LogP contribution in [-0.4, -0.2) is 11.2 Å². The van der Waals surface area contributed by atoms with Gasteiger partial charge >= 0.3 is 0 Å². The Morgan fingerprint density at radius 3 is 3.00 bits per heavy atom. The van der Waals surface area contributed by atoms with Gasteiger partial charge in [0.25, 0.3) is 0 Å². The van der Waals surface area contributed by atoms with Crippen molar-refractivity contribution in [2.75, 3.05) is 0 Å². The highest BCUT2D eigenvalue weighted by molar-refractivity contribution is 5.32. The van der Waals surface area contributed by atoms with Crippen LogP contribution in [0, 0.1) is 5.82 Å². The number of rotatable bonds is 0. The lowest BCUT2D eigenvalue weighted by Crippen LogP contribution is -2.25. The third kappa shape index (κ3) is 1.65. The smallest absolute Gasteiger partial charge is 0.123 e. The quantitative estimate of drug-likeness (QED) is 0.616. The van der Waals surface area contributed by atoms with Gasteiger partial charge in [-0.2, -0.15) is 0 Å². The summed E-state index contributed by atoms with van der Waals surface area (Å²) in [4.78, 5) is 0. The molecule has 3 heteroatoms. The summed E-state index contributed by atoms with van der Waals surface area (Å²) in [5.41, 5.74) is 7.67. The highest BCUT2D eigenvalue weighted by Gasteiger charge is 2.23. The average molecular weight is 195 g/mol. The molecule has 2 atom stereocenters. The van der Waals surface area contributed by atoms with Crippen molar-refractivity contribution in [2.45, 2.75) is 31.4 Å². The van der Waals surface area contributed by atoms with Gasteiger partial charge in [0.1, 0.15) is 5.82 Å². The third-order valence-corrected chi connectivity index (χ3v) is 2.83. The van der Waals surface area contributed by atoms with Gasteiger partial charge < -0.3 is 10.8 Å². The zero-order valence-electron chi connectivity index (χ0n) is 7.91. The van der Waals surface area contributed by atoms with Crippen LogP contribution < -0.4 is 5.73 Å². The van der Waals surface area contributed by atoms with Crippen molar-refractivity contribution >= 4 is 0 Å². The monoisotopic (exact) mass is 195 g/mol. The second kappa shape index (κ2) is 3.67. The van der Waals surface area contributed by atoms with Crippen molar-refractivity contribution < 1.29 is 9.50 Å². The van der Waals surface area contributed by atoms with Crippen molar-refractivity contribution in [2.24, 2.45) is 5.73 Å². The van der Waals surface area contributed by atoms with Crippen LogP contribution >= 0.6 is 0 Å². The van der Waals surface area contributed by atoms with E-state index in [1.54, 1.807) is 6.07 Å². The summed E-state index contributed by atoms with van der Waals surface area (Å²) in [5, 5.41) is 9.65. The van der Waals surface area contributed by atoms with Crippen LogP contribution in [0.1, 0.15) is 30.0 Å². The van der Waals surface area contributed by atoms with Gasteiger partial charge in [-0.25, -0.2) is 4.39 Å². The lowest BCUT2D eigenvalue weighted by molar-refractivity contribution is 0.136. The average Bonchev–Trinajstić information content (AvgIpc) is 2.30. The van der Waals surface area contributed by atoms with Gasteiger partial charge in [0.05, 0.1) is 12.1 Å². The van der Waals surface area contributed by atoms with Gasteiger partial charge in [-0.15, -0.1) is 0 Å². The molecular formula is C11H14FNO. The molecule has 1 aromatic rings. The number of hydrogen-bond donors (Lipinski definition) is 2. The van der Waals surface area contributed by atoms with Crippen LogP contribution in [0.15, 0.2) is 18.2 Å². The minimum Gasteiger partial charge on any atom is -0.391 e. The molecule has 0 bridgehead atoms. The number of nitrogens with two attached hydrogens (primary N) is 1. The van der Waals surface area contributed by atoms with Crippen LogP contribution in [0.3, 0.4) is 0 Å². The molecule has 0 aromatic heterocycles. The standard InChI is InChI=1S/C11H14FNO/c12-8-5-4-7-2-1-3-10(14)11(13)9(7)6-8/h4-6,10-11,14H,1-3,13H2/t10-,11+/m1/s1. The fourth-order valence-electron chi connectivity index (χ4n) is 1.99. The molecule has 1 aromatic carbocycles. The maximum absolute atomic E-state index is 13.0. The number of fused-ring (bicyclic) bond motifs is 1. The van der Waals surface area contributed by atoms with E-state index in [4.69, 9.17) is 5.73 Å². The van der Waals surface area contributed by atoms with E-state index in [1.807, 2.05) is 0 Å². The molecule has 0 fully saturated rings. The fraction of sp³-hybridized carbons (Fsp3) is 0.455. The van der Waals surface area contributed by atoms with Crippen LogP contribution in [0.25, 0.3) is 0 Å². The predicted molar refractivity (Wildman–Crippen MR) is 52.3 cm³/mol. The molecule has 0 heterocycles. The molecule has 2 nitrogen and oxygen atoms in total. The number of halogens is 1. The molecular weight excluding hydrogens is 181 g/mol. The molecule has 3 N–H and O–H groups in total. The zero-order valence-corrected chi connectivity index (χ0v) is 7.91. The first-order valence-corrected chi connectivity index (χ1v) is 4.90. The van der Waals surface area contributed by atoms with Gasteiger partial charge in [0.2, 0.25) is 0 Å². The molecule has 0 aliphatic heterocycles. The molecule has 0 amide bonds. The SMILES string of the molecule is N[C@H]1c2cc(F)ccc2CCC[C@H]1O. The fourth-order valence-corrected chi connectivity index (χ4v) is 1.99. The Bertz CT molecular complexity index is 340. The minimum atomic E-state index is -0.543. The maximum atomic E-state index is 13.0. The summed E-state index contributed by atoms with van der Waals surface area (Å²) >= 11 is 0. The minimum absolute atomic E-state index is 0.284. The van der Waals surface area contributed by atoms with E-state index in [-0.39, 0.29) is 5.82 Å². The Labute approximate surface area is 82.5 Å². The van der Waals surface area contributed by atoms with Crippen molar-refractivity contribution in [1.29, 1.82) is 0 Å².